The molecule has 0 aromatic heterocycles. The molecule has 9 rings (SSSR count). The highest BCUT2D eigenvalue weighted by atomic mass is 19.4. The van der Waals surface area contributed by atoms with E-state index >= 15 is 56.7 Å². The molecular formula is C80H123F6N13O14. The van der Waals surface area contributed by atoms with E-state index in [4.69, 9.17) is 9.47 Å². The summed E-state index contributed by atoms with van der Waals surface area (Å²) in [5.74, 6) is -14.5. The van der Waals surface area contributed by atoms with Crippen molar-refractivity contribution in [3.63, 3.8) is 0 Å². The number of hydrogen-bond acceptors (Lipinski definition) is 15. The molecule has 3 N–H and O–H groups in total. The van der Waals surface area contributed by atoms with Gasteiger partial charge in [0.25, 0.3) is 0 Å². The van der Waals surface area contributed by atoms with E-state index in [1.165, 1.54) is 71.7 Å². The number of rotatable bonds is 13. The molecule has 0 aromatic rings. The fourth-order valence-corrected chi connectivity index (χ4v) is 19.0. The van der Waals surface area contributed by atoms with Gasteiger partial charge in [0.15, 0.2) is 0 Å². The maximum Gasteiger partial charge on any atom is 0.397 e. The molecule has 113 heavy (non-hydrogen) atoms. The van der Waals surface area contributed by atoms with Gasteiger partial charge < -0.3 is 69.5 Å². The van der Waals surface area contributed by atoms with E-state index in [9.17, 15) is 32.4 Å². The monoisotopic (exact) mass is 1600 g/mol. The van der Waals surface area contributed by atoms with Crippen LogP contribution < -0.4 is 16.0 Å². The number of amides is 12. The van der Waals surface area contributed by atoms with Crippen molar-refractivity contribution in [2.75, 3.05) is 101 Å². The van der Waals surface area contributed by atoms with E-state index < -0.39 is 218 Å². The number of fused-ring (bicyclic) bond motifs is 3. The third kappa shape index (κ3) is 21.8. The molecule has 27 nitrogen and oxygen atoms in total. The van der Waals surface area contributed by atoms with E-state index in [1.807, 2.05) is 6.92 Å². The number of nitrogens with zero attached hydrogens (tertiary/aromatic N) is 10. The van der Waals surface area contributed by atoms with Crippen molar-refractivity contribution in [2.24, 2.45) is 41.4 Å². The molecule has 4 saturated heterocycles. The van der Waals surface area contributed by atoms with Gasteiger partial charge in [0.1, 0.15) is 78.3 Å². The van der Waals surface area contributed by atoms with E-state index in [0.717, 1.165) is 14.7 Å². The average Bonchev–Trinajstić information content (AvgIpc) is 1.53. The molecule has 4 aliphatic heterocycles. The maximum absolute atomic E-state index is 15.9. The Morgan fingerprint density at radius 2 is 1.22 bits per heavy atom. The number of likely N-dealkylation sites (N-methyl/N-ethyl adjacent to an activating group) is 6. The van der Waals surface area contributed by atoms with Crippen molar-refractivity contribution < 1.29 is 93.4 Å². The lowest BCUT2D eigenvalue weighted by atomic mass is 9.74. The lowest BCUT2D eigenvalue weighted by Crippen LogP contribution is -2.68. The molecular weight excluding hydrogens is 1480 g/mol. The zero-order valence-electron chi connectivity index (χ0n) is 67.6. The second kappa shape index (κ2) is 40.0. The lowest BCUT2D eigenvalue weighted by Gasteiger charge is -2.47. The van der Waals surface area contributed by atoms with Crippen LogP contribution in [-0.4, -0.2) is 301 Å². The van der Waals surface area contributed by atoms with Gasteiger partial charge in [-0.3, -0.25) is 57.5 Å². The van der Waals surface area contributed by atoms with Crippen LogP contribution in [0, 0.1) is 52.8 Å². The van der Waals surface area contributed by atoms with Gasteiger partial charge in [-0.05, 0) is 171 Å². The quantitative estimate of drug-likeness (QED) is 0.173. The Labute approximate surface area is 661 Å². The second-order valence-corrected chi connectivity index (χ2v) is 34.0. The minimum Gasteiger partial charge on any atom is -0.378 e. The van der Waals surface area contributed by atoms with Crippen molar-refractivity contribution in [1.29, 1.82) is 5.26 Å². The van der Waals surface area contributed by atoms with Crippen LogP contribution in [-0.2, 0) is 67.0 Å². The van der Waals surface area contributed by atoms with Gasteiger partial charge in [0, 0.05) is 87.4 Å². The smallest absolute Gasteiger partial charge is 0.378 e. The SMILES string of the molecule is CCO[C@@H]1C[C@H]2C(=O)NC3(CCC3)C(=O)N(C)[C@@H](C3CCCC3)C(=O)N(C)[C@H](C(=O)N3CCOCC3)CC(=O)N(C)[C@@H](CC3CCC(C#N)CC3)C(=O)N[C@@H]([C@@H](C)CC)C(=O)N(C)CC(=O)N(C)[C@H]3CCCCCN(C3=O)[C@@H](CC3CCC(F)CC3)C(=O)N(C)CC(=O)N[C@@H](CCC3CC(F)C(C(F)(F)F)C(F)C3)C(=O)N2C1. The van der Waals surface area contributed by atoms with Gasteiger partial charge in [-0.1, -0.05) is 46.0 Å². The summed E-state index contributed by atoms with van der Waals surface area (Å²) in [6.07, 6.45) is -7.20. The first kappa shape index (κ1) is 89.6. The van der Waals surface area contributed by atoms with Gasteiger partial charge in [-0.25, -0.2) is 13.2 Å². The Balaban J connectivity index is 1.11. The topological polar surface area (TPSA) is 312 Å². The summed E-state index contributed by atoms with van der Waals surface area (Å²) in [6, 6.07) is -8.63. The van der Waals surface area contributed by atoms with Gasteiger partial charge in [-0.2, -0.15) is 18.4 Å². The van der Waals surface area contributed by atoms with Crippen LogP contribution in [0.4, 0.5) is 26.3 Å². The number of ether oxygens (including phenoxy) is 2. The predicted octanol–water partition coefficient (Wildman–Crippen LogP) is 6.18. The number of carbonyl (C=O) groups excluding carboxylic acids is 12. The van der Waals surface area contributed by atoms with Crippen molar-refractivity contribution >= 4 is 70.9 Å². The van der Waals surface area contributed by atoms with Crippen LogP contribution >= 0.6 is 0 Å². The normalized spacial score (nSPS) is 33.6. The average molecular weight is 1600 g/mol. The van der Waals surface area contributed by atoms with Crippen molar-refractivity contribution in [3.8, 4) is 6.07 Å². The minimum absolute atomic E-state index is 0.0228. The first-order chi connectivity index (χ1) is 53.6. The van der Waals surface area contributed by atoms with Crippen LogP contribution in [0.25, 0.3) is 0 Å². The molecule has 1 spiro atoms. The molecule has 33 heteroatoms. The number of hydrogen-bond donors (Lipinski definition) is 3. The van der Waals surface area contributed by atoms with Crippen LogP contribution in [0.2, 0.25) is 0 Å². The lowest BCUT2D eigenvalue weighted by molar-refractivity contribution is -0.219. The Kier molecular flexibility index (Phi) is 31.7. The molecule has 0 radical (unpaired) electrons. The first-order valence-electron chi connectivity index (χ1n) is 41.6. The molecule has 12 amide bonds. The predicted molar refractivity (Wildman–Crippen MR) is 401 cm³/mol. The van der Waals surface area contributed by atoms with Crippen molar-refractivity contribution in [1.82, 2.24) is 60.0 Å². The highest BCUT2D eigenvalue weighted by molar-refractivity contribution is 6.01. The third-order valence-electron chi connectivity index (χ3n) is 26.5. The number of nitriles is 1. The molecule has 5 aliphatic carbocycles. The minimum atomic E-state index is -5.19. The van der Waals surface area contributed by atoms with E-state index in [2.05, 4.69) is 22.0 Å². The molecule has 5 saturated carbocycles. The van der Waals surface area contributed by atoms with E-state index in [1.54, 1.807) is 13.8 Å². The molecule has 9 fully saturated rings. The number of nitrogens with one attached hydrogen (secondary N) is 3. The number of carbonyl (C=O) groups is 12. The Hall–Kier alpha value is -7.37. The van der Waals surface area contributed by atoms with Crippen LogP contribution in [0.5, 0.6) is 0 Å². The molecule has 634 valence electrons. The summed E-state index contributed by atoms with van der Waals surface area (Å²) < 4.78 is 99.6. The molecule has 2 unspecified atom stereocenters. The second-order valence-electron chi connectivity index (χ2n) is 34.0. The van der Waals surface area contributed by atoms with Crippen LogP contribution in [0.1, 0.15) is 201 Å². The molecule has 2 bridgehead atoms. The van der Waals surface area contributed by atoms with Crippen molar-refractivity contribution in [3.05, 3.63) is 0 Å². The van der Waals surface area contributed by atoms with Crippen LogP contribution in [0.15, 0.2) is 0 Å². The number of morpholine rings is 1. The highest BCUT2D eigenvalue weighted by Crippen LogP contribution is 2.45. The molecule has 4 heterocycles. The Bertz CT molecular complexity index is 3390. The Morgan fingerprint density at radius 3 is 1.81 bits per heavy atom. The summed E-state index contributed by atoms with van der Waals surface area (Å²) in [5, 5.41) is 18.5. The summed E-state index contributed by atoms with van der Waals surface area (Å²) >= 11 is 0. The third-order valence-corrected chi connectivity index (χ3v) is 26.5. The van der Waals surface area contributed by atoms with Gasteiger partial charge in [0.2, 0.25) is 70.9 Å². The zero-order chi connectivity index (χ0) is 82.5. The van der Waals surface area contributed by atoms with Crippen molar-refractivity contribution in [2.45, 2.75) is 285 Å². The fourth-order valence-electron chi connectivity index (χ4n) is 19.0. The highest BCUT2D eigenvalue weighted by Gasteiger charge is 2.56. The van der Waals surface area contributed by atoms with E-state index in [-0.39, 0.29) is 122 Å². The van der Waals surface area contributed by atoms with Gasteiger partial charge in [-0.15, -0.1) is 0 Å². The van der Waals surface area contributed by atoms with E-state index in [0.29, 0.717) is 96.3 Å². The molecule has 0 aromatic carbocycles. The summed E-state index contributed by atoms with van der Waals surface area (Å²) in [5.41, 5.74) is -1.68. The number of alkyl halides is 6. The summed E-state index contributed by atoms with van der Waals surface area (Å²) in [6.45, 7) is 4.26. The van der Waals surface area contributed by atoms with Crippen LogP contribution in [0.3, 0.4) is 0 Å². The summed E-state index contributed by atoms with van der Waals surface area (Å²) in [7, 11) is 8.36. The number of halogens is 6. The zero-order valence-corrected chi connectivity index (χ0v) is 67.6. The largest absolute Gasteiger partial charge is 0.397 e. The maximum atomic E-state index is 15.9. The Morgan fingerprint density at radius 1 is 0.611 bits per heavy atom. The first-order valence-corrected chi connectivity index (χ1v) is 41.6. The standard InChI is InChI=1S/C80H123F6N13O14/c1-10-48(3)68-76(109)92(5)47-66(102)93(6)59-20-13-12-16-33-98(75(59)108)63(41-50-25-28-54(81)29-26-50)73(106)91(4)46-64(100)88-58(30-27-52-38-56(82)67(57(83)39-52)80(84,85)86)72(105)99-45-55(113-11-2)42-61(99)71(104)90-79(31-17-32-79)78(111)96(9)69(53-18-14-15-19-53)77(110)95(8)62(74(107)97-34-36-112-37-35-97)43-65(101)94(7)60(70(103)89-68)40-49-21-23-51(44-87)24-22-49/h48-63,67-69H,10-43,45-47H2,1-9H3,(H,88,100)(H,89,103)(H,90,104)/t48-,49?,50?,51?,52?,54?,55+,56?,57?,58-,59-,60-,61-,62-,63-,67?,68-,69-/m0/s1. The molecule has 9 aliphatic rings. The van der Waals surface area contributed by atoms with Gasteiger partial charge in [0.05, 0.1) is 44.9 Å². The fraction of sp³-hybridized carbons (Fsp3) is 0.838. The van der Waals surface area contributed by atoms with Gasteiger partial charge >= 0.3 is 6.18 Å². The molecule has 12 atom stereocenters. The summed E-state index contributed by atoms with van der Waals surface area (Å²) in [4.78, 5) is 196.